The van der Waals surface area contributed by atoms with Crippen LogP contribution >= 0.6 is 23.4 Å². The zero-order chi connectivity index (χ0) is 15.2. The molecule has 0 saturated heterocycles. The van der Waals surface area contributed by atoms with Crippen LogP contribution in [0.5, 0.6) is 0 Å². The number of halogens is 1. The lowest BCUT2D eigenvalue weighted by molar-refractivity contribution is 0.570. The van der Waals surface area contributed by atoms with Gasteiger partial charge in [0.2, 0.25) is 0 Å². The van der Waals surface area contributed by atoms with Gasteiger partial charge in [0, 0.05) is 18.0 Å². The van der Waals surface area contributed by atoms with E-state index in [1.807, 2.05) is 11.6 Å². The van der Waals surface area contributed by atoms with E-state index in [1.165, 1.54) is 10.5 Å². The van der Waals surface area contributed by atoms with E-state index in [0.29, 0.717) is 11.2 Å². The van der Waals surface area contributed by atoms with E-state index in [-0.39, 0.29) is 0 Å². The summed E-state index contributed by atoms with van der Waals surface area (Å²) in [4.78, 5) is 5.56. The highest BCUT2D eigenvalue weighted by molar-refractivity contribution is 7.98. The molecule has 1 N–H and O–H groups in total. The normalized spacial score (nSPS) is 12.6. The van der Waals surface area contributed by atoms with E-state index in [2.05, 4.69) is 48.4 Å². The lowest BCUT2D eigenvalue weighted by Gasteiger charge is -2.14. The Hall–Kier alpha value is -0.970. The van der Waals surface area contributed by atoms with Crippen molar-refractivity contribution in [2.75, 3.05) is 6.54 Å². The summed E-state index contributed by atoms with van der Waals surface area (Å²) in [6.07, 6.45) is 2.85. The van der Waals surface area contributed by atoms with Crippen LogP contribution in [0.3, 0.4) is 0 Å². The van der Waals surface area contributed by atoms with Crippen LogP contribution in [-0.4, -0.2) is 16.1 Å². The smallest absolute Gasteiger partial charge is 0.128 e. The molecule has 21 heavy (non-hydrogen) atoms. The lowest BCUT2D eigenvalue weighted by atomic mass is 10.1. The van der Waals surface area contributed by atoms with Gasteiger partial charge in [-0.15, -0.1) is 11.8 Å². The average molecular weight is 324 g/mol. The van der Waals surface area contributed by atoms with Gasteiger partial charge in [0.15, 0.2) is 0 Å². The minimum Gasteiger partial charge on any atom is -0.322 e. The van der Waals surface area contributed by atoms with Crippen LogP contribution < -0.4 is 5.32 Å². The molecule has 3 nitrogen and oxygen atoms in total. The van der Waals surface area contributed by atoms with Crippen molar-refractivity contribution in [2.24, 2.45) is 7.05 Å². The van der Waals surface area contributed by atoms with Crippen molar-refractivity contribution >= 4 is 23.4 Å². The van der Waals surface area contributed by atoms with Gasteiger partial charge in [-0.3, -0.25) is 0 Å². The molecule has 5 heteroatoms. The predicted molar refractivity (Wildman–Crippen MR) is 90.9 cm³/mol. The maximum Gasteiger partial charge on any atom is 0.128 e. The molecule has 1 aromatic heterocycles. The van der Waals surface area contributed by atoms with Gasteiger partial charge in [-0.25, -0.2) is 4.98 Å². The van der Waals surface area contributed by atoms with Gasteiger partial charge in [-0.05, 0) is 37.6 Å². The molecule has 2 aromatic rings. The first-order valence-corrected chi connectivity index (χ1v) is 8.60. The number of rotatable bonds is 7. The Labute approximate surface area is 136 Å². The summed E-state index contributed by atoms with van der Waals surface area (Å²) in [7, 11) is 1.94. The second kappa shape index (κ2) is 7.87. The molecule has 1 aromatic carbocycles. The maximum absolute atomic E-state index is 5.99. The highest BCUT2D eigenvalue weighted by Gasteiger charge is 2.07. The molecule has 0 bridgehead atoms. The fourth-order valence-electron chi connectivity index (χ4n) is 2.04. The maximum atomic E-state index is 5.99. The van der Waals surface area contributed by atoms with Crippen LogP contribution in [-0.2, 0) is 12.8 Å². The summed E-state index contributed by atoms with van der Waals surface area (Å²) in [6.45, 7) is 5.44. The number of imidazole rings is 1. The van der Waals surface area contributed by atoms with E-state index in [9.17, 15) is 0 Å². The van der Waals surface area contributed by atoms with Gasteiger partial charge in [-0.2, -0.15) is 0 Å². The number of nitrogens with zero attached hydrogens (tertiary/aromatic N) is 2. The van der Waals surface area contributed by atoms with Crippen LogP contribution in [0, 0.1) is 0 Å². The Morgan fingerprint density at radius 1 is 1.33 bits per heavy atom. The van der Waals surface area contributed by atoms with Crippen LogP contribution in [0.4, 0.5) is 0 Å². The van der Waals surface area contributed by atoms with E-state index < -0.39 is 0 Å². The van der Waals surface area contributed by atoms with Crippen LogP contribution in [0.1, 0.15) is 37.7 Å². The zero-order valence-corrected chi connectivity index (χ0v) is 14.3. The van der Waals surface area contributed by atoms with E-state index in [0.717, 1.165) is 24.5 Å². The second-order valence-electron chi connectivity index (χ2n) is 5.09. The monoisotopic (exact) mass is 323 g/mol. The summed E-state index contributed by atoms with van der Waals surface area (Å²) in [5, 5.41) is 4.18. The van der Waals surface area contributed by atoms with Gasteiger partial charge >= 0.3 is 0 Å². The Morgan fingerprint density at radius 3 is 2.62 bits per heavy atom. The lowest BCUT2D eigenvalue weighted by Crippen LogP contribution is -2.19. The summed E-state index contributed by atoms with van der Waals surface area (Å²) in [5.41, 5.74) is 1.33. The van der Waals surface area contributed by atoms with E-state index in [4.69, 9.17) is 11.6 Å². The number of aromatic nitrogens is 2. The van der Waals surface area contributed by atoms with Crippen molar-refractivity contribution in [1.82, 2.24) is 14.9 Å². The minimum absolute atomic E-state index is 0.400. The molecule has 0 aliphatic heterocycles. The molecular weight excluding hydrogens is 302 g/mol. The van der Waals surface area contributed by atoms with Crippen molar-refractivity contribution in [3.8, 4) is 0 Å². The summed E-state index contributed by atoms with van der Waals surface area (Å²) in [5.74, 6) is 1.82. The van der Waals surface area contributed by atoms with Crippen molar-refractivity contribution < 1.29 is 0 Å². The van der Waals surface area contributed by atoms with Gasteiger partial charge < -0.3 is 9.88 Å². The third-order valence-electron chi connectivity index (χ3n) is 3.48. The Balaban J connectivity index is 1.92. The number of hydrogen-bond donors (Lipinski definition) is 1. The fourth-order valence-corrected chi connectivity index (χ4v) is 3.08. The van der Waals surface area contributed by atoms with Crippen molar-refractivity contribution in [1.29, 1.82) is 0 Å². The standard InChI is InChI=1S/C16H22ClN3S/c1-4-9-18-12(2)13-5-7-14(8-6-13)21-11-16-19-10-15(17)20(16)3/h5-8,10,12,18H,4,9,11H2,1-3H3. The molecule has 1 heterocycles. The zero-order valence-electron chi connectivity index (χ0n) is 12.8. The highest BCUT2D eigenvalue weighted by atomic mass is 35.5. The van der Waals surface area contributed by atoms with Crippen LogP contribution in [0.15, 0.2) is 35.4 Å². The van der Waals surface area contributed by atoms with Crippen molar-refractivity contribution in [2.45, 2.75) is 37.0 Å². The van der Waals surface area contributed by atoms with Crippen molar-refractivity contribution in [3.05, 3.63) is 47.0 Å². The Morgan fingerprint density at radius 2 is 2.05 bits per heavy atom. The average Bonchev–Trinajstić information content (AvgIpc) is 2.83. The topological polar surface area (TPSA) is 29.9 Å². The third kappa shape index (κ3) is 4.50. The summed E-state index contributed by atoms with van der Waals surface area (Å²) < 4.78 is 1.92. The first kappa shape index (κ1) is 16.4. The first-order chi connectivity index (χ1) is 10.1. The quantitative estimate of drug-likeness (QED) is 0.765. The molecule has 1 unspecified atom stereocenters. The molecule has 0 aliphatic carbocycles. The van der Waals surface area contributed by atoms with E-state index >= 15 is 0 Å². The molecule has 114 valence electrons. The summed E-state index contributed by atoms with van der Waals surface area (Å²) in [6, 6.07) is 9.14. The Kier molecular flexibility index (Phi) is 6.15. The van der Waals surface area contributed by atoms with Gasteiger partial charge in [0.1, 0.15) is 11.0 Å². The molecule has 0 saturated carbocycles. The second-order valence-corrected chi connectivity index (χ2v) is 6.53. The van der Waals surface area contributed by atoms with E-state index in [1.54, 1.807) is 18.0 Å². The number of nitrogens with one attached hydrogen (secondary N) is 1. The number of thioether (sulfide) groups is 1. The SMILES string of the molecule is CCCNC(C)c1ccc(SCc2ncc(Cl)n2C)cc1. The molecule has 1 atom stereocenters. The van der Waals surface area contributed by atoms with Gasteiger partial charge in [0.25, 0.3) is 0 Å². The minimum atomic E-state index is 0.400. The fraction of sp³-hybridized carbons (Fsp3) is 0.438. The van der Waals surface area contributed by atoms with Crippen LogP contribution in [0.2, 0.25) is 5.15 Å². The molecule has 0 spiro atoms. The van der Waals surface area contributed by atoms with Crippen molar-refractivity contribution in [3.63, 3.8) is 0 Å². The van der Waals surface area contributed by atoms with Gasteiger partial charge in [-0.1, -0.05) is 30.7 Å². The van der Waals surface area contributed by atoms with Crippen LogP contribution in [0.25, 0.3) is 0 Å². The third-order valence-corrected chi connectivity index (χ3v) is 4.84. The molecular formula is C16H22ClN3S. The summed E-state index contributed by atoms with van der Waals surface area (Å²) >= 11 is 7.77. The molecule has 2 rings (SSSR count). The molecule has 0 radical (unpaired) electrons. The van der Waals surface area contributed by atoms with Gasteiger partial charge in [0.05, 0.1) is 11.9 Å². The highest BCUT2D eigenvalue weighted by Crippen LogP contribution is 2.25. The number of hydrogen-bond acceptors (Lipinski definition) is 3. The Bertz CT molecular complexity index is 565. The first-order valence-electron chi connectivity index (χ1n) is 7.24. The predicted octanol–water partition coefficient (Wildman–Crippen LogP) is 4.43. The molecule has 0 aliphatic rings. The largest absolute Gasteiger partial charge is 0.322 e. The molecule has 0 fully saturated rings. The molecule has 0 amide bonds. The number of benzene rings is 1.